The number of aldehydes is 1. The minimum absolute atomic E-state index is 0.00573. The molecule has 5 rings (SSSR count). The second-order valence-corrected chi connectivity index (χ2v) is 12.1. The highest BCUT2D eigenvalue weighted by molar-refractivity contribution is 6.02. The van der Waals surface area contributed by atoms with E-state index in [0.717, 1.165) is 25.7 Å². The first-order valence-electron chi connectivity index (χ1n) is 13.5. The number of carbonyl (C=O) groups excluding carboxylic acids is 4. The van der Waals surface area contributed by atoms with Crippen LogP contribution in [0.25, 0.3) is 0 Å². The maximum Gasteiger partial charge on any atom is 0.345 e. The molecule has 1 aromatic carbocycles. The second-order valence-electron chi connectivity index (χ2n) is 12.1. The molecular formula is C30H36O9. The van der Waals surface area contributed by atoms with Crippen LogP contribution in [0.3, 0.4) is 0 Å². The number of esters is 3. The molecule has 39 heavy (non-hydrogen) atoms. The van der Waals surface area contributed by atoms with Crippen molar-refractivity contribution in [3.8, 4) is 11.5 Å². The Bertz CT molecular complexity index is 1280. The summed E-state index contributed by atoms with van der Waals surface area (Å²) in [5.41, 5.74) is 1.44. The number of rotatable bonds is 5. The van der Waals surface area contributed by atoms with Crippen LogP contribution < -0.4 is 9.47 Å². The smallest absolute Gasteiger partial charge is 0.345 e. The number of cyclic esters (lactones) is 1. The topological polar surface area (TPSA) is 114 Å². The molecule has 210 valence electrons. The largest absolute Gasteiger partial charge is 0.495 e. The van der Waals surface area contributed by atoms with Gasteiger partial charge in [-0.1, -0.05) is 32.9 Å². The zero-order valence-electron chi connectivity index (χ0n) is 23.4. The highest BCUT2D eigenvalue weighted by Crippen LogP contribution is 2.64. The van der Waals surface area contributed by atoms with E-state index >= 15 is 0 Å². The molecule has 0 amide bonds. The lowest BCUT2D eigenvalue weighted by Gasteiger charge is -2.58. The van der Waals surface area contributed by atoms with Crippen molar-refractivity contribution < 1.29 is 42.9 Å². The third-order valence-electron chi connectivity index (χ3n) is 9.65. The van der Waals surface area contributed by atoms with Gasteiger partial charge in [0.05, 0.1) is 30.4 Å². The molecule has 0 radical (unpaired) electrons. The van der Waals surface area contributed by atoms with E-state index in [1.54, 1.807) is 0 Å². The fourth-order valence-electron chi connectivity index (χ4n) is 7.74. The van der Waals surface area contributed by atoms with Gasteiger partial charge >= 0.3 is 17.9 Å². The molecule has 4 aliphatic rings. The number of ether oxygens (including phenoxy) is 5. The zero-order valence-corrected chi connectivity index (χ0v) is 23.4. The quantitative estimate of drug-likeness (QED) is 0.280. The third kappa shape index (κ3) is 4.03. The van der Waals surface area contributed by atoms with Gasteiger partial charge in [-0.2, -0.15) is 0 Å². The second kappa shape index (κ2) is 9.38. The fourth-order valence-corrected chi connectivity index (χ4v) is 7.74. The summed E-state index contributed by atoms with van der Waals surface area (Å²) in [4.78, 5) is 49.7. The number of carbonyl (C=O) groups is 4. The Morgan fingerprint density at radius 2 is 1.69 bits per heavy atom. The lowest BCUT2D eigenvalue weighted by molar-refractivity contribution is -0.165. The van der Waals surface area contributed by atoms with Crippen LogP contribution in [0.5, 0.6) is 11.5 Å². The van der Waals surface area contributed by atoms with Crippen LogP contribution in [-0.4, -0.2) is 37.9 Å². The standard InChI is InChI=1S/C30H36O9/c1-14-18-9-11-30(6,19(14)8-10-29(18,4)5)20-13-36-24-17(12-31)21-22(27(34)39-28(21)38-16(3)33)26(35-7)23(24)25(20)37-15(2)32/h12,18-20,25,28H,1,8-11,13H2,2-7H3. The molecule has 9 heteroatoms. The molecular weight excluding hydrogens is 504 g/mol. The molecule has 2 heterocycles. The first kappa shape index (κ1) is 27.2. The summed E-state index contributed by atoms with van der Waals surface area (Å²) in [5, 5.41) is 0. The van der Waals surface area contributed by atoms with Gasteiger partial charge in [-0.15, -0.1) is 0 Å². The molecule has 9 nitrogen and oxygen atoms in total. The SMILES string of the molecule is C=C1C2CCC(C)(C3COc4c(C=O)c5c(c(OC)c4C3OC(C)=O)C(=O)OC5OC(C)=O)C1CCC2(C)C. The first-order valence-corrected chi connectivity index (χ1v) is 13.5. The molecule has 2 fully saturated rings. The van der Waals surface area contributed by atoms with Gasteiger partial charge in [-0.25, -0.2) is 4.79 Å². The van der Waals surface area contributed by atoms with Crippen LogP contribution in [0.1, 0.15) is 105 Å². The summed E-state index contributed by atoms with van der Waals surface area (Å²) in [6.07, 6.45) is 2.15. The highest BCUT2D eigenvalue weighted by Gasteiger charge is 2.58. The Morgan fingerprint density at radius 1 is 1.03 bits per heavy atom. The molecule has 0 aromatic heterocycles. The number of fused-ring (bicyclic) bond motifs is 4. The first-order chi connectivity index (χ1) is 18.4. The maximum atomic E-state index is 13.0. The van der Waals surface area contributed by atoms with E-state index in [9.17, 15) is 19.2 Å². The molecule has 0 saturated heterocycles. The van der Waals surface area contributed by atoms with E-state index in [2.05, 4.69) is 27.4 Å². The Kier molecular flexibility index (Phi) is 6.55. The van der Waals surface area contributed by atoms with E-state index in [1.165, 1.54) is 26.5 Å². The van der Waals surface area contributed by atoms with Gasteiger partial charge in [0.15, 0.2) is 6.29 Å². The summed E-state index contributed by atoms with van der Waals surface area (Å²) >= 11 is 0. The van der Waals surface area contributed by atoms with Crippen molar-refractivity contribution in [3.63, 3.8) is 0 Å². The number of benzene rings is 1. The lowest BCUT2D eigenvalue weighted by Crippen LogP contribution is -2.52. The molecule has 2 saturated carbocycles. The lowest BCUT2D eigenvalue weighted by atomic mass is 9.47. The zero-order chi connectivity index (χ0) is 28.4. The Morgan fingerprint density at radius 3 is 2.31 bits per heavy atom. The molecule has 2 bridgehead atoms. The monoisotopic (exact) mass is 540 g/mol. The molecule has 1 aromatic rings. The van der Waals surface area contributed by atoms with Crippen molar-refractivity contribution in [1.82, 2.24) is 0 Å². The number of hydrogen-bond acceptors (Lipinski definition) is 9. The van der Waals surface area contributed by atoms with E-state index < -0.39 is 30.3 Å². The van der Waals surface area contributed by atoms with Crippen molar-refractivity contribution in [3.05, 3.63) is 34.4 Å². The van der Waals surface area contributed by atoms with E-state index in [0.29, 0.717) is 17.8 Å². The third-order valence-corrected chi connectivity index (χ3v) is 9.65. The Labute approximate surface area is 228 Å². The number of allylic oxidation sites excluding steroid dienone is 1. The van der Waals surface area contributed by atoms with Crippen LogP contribution in [0.4, 0.5) is 0 Å². The van der Waals surface area contributed by atoms with Crippen molar-refractivity contribution in [1.29, 1.82) is 0 Å². The van der Waals surface area contributed by atoms with Crippen LogP contribution in [0.2, 0.25) is 0 Å². The fraction of sp³-hybridized carbons (Fsp3) is 0.600. The molecule has 0 N–H and O–H groups in total. The van der Waals surface area contributed by atoms with Gasteiger partial charge < -0.3 is 23.7 Å². The minimum atomic E-state index is -1.42. The molecule has 6 atom stereocenters. The predicted molar refractivity (Wildman–Crippen MR) is 138 cm³/mol. The van der Waals surface area contributed by atoms with Crippen molar-refractivity contribution >= 4 is 24.2 Å². The van der Waals surface area contributed by atoms with Crippen molar-refractivity contribution in [2.75, 3.05) is 13.7 Å². The Hall–Kier alpha value is -3.36. The highest BCUT2D eigenvalue weighted by atomic mass is 16.7. The van der Waals surface area contributed by atoms with Crippen molar-refractivity contribution in [2.45, 2.75) is 72.7 Å². The van der Waals surface area contributed by atoms with Gasteiger partial charge in [-0.05, 0) is 48.3 Å². The van der Waals surface area contributed by atoms with Crippen molar-refractivity contribution in [2.24, 2.45) is 28.6 Å². The summed E-state index contributed by atoms with van der Waals surface area (Å²) < 4.78 is 28.6. The van der Waals surface area contributed by atoms with Gasteiger partial charge in [0.2, 0.25) is 0 Å². The van der Waals surface area contributed by atoms with E-state index in [-0.39, 0.29) is 57.5 Å². The minimum Gasteiger partial charge on any atom is -0.495 e. The number of hydrogen-bond donors (Lipinski definition) is 0. The van der Waals surface area contributed by atoms with Crippen LogP contribution in [-0.2, 0) is 23.8 Å². The summed E-state index contributed by atoms with van der Waals surface area (Å²) in [6, 6.07) is 0. The van der Waals surface area contributed by atoms with Gasteiger partial charge in [-0.3, -0.25) is 14.4 Å². The molecule has 2 aliphatic heterocycles. The average molecular weight is 541 g/mol. The van der Waals surface area contributed by atoms with Gasteiger partial charge in [0.1, 0.15) is 23.2 Å². The summed E-state index contributed by atoms with van der Waals surface area (Å²) in [5.74, 6) is -1.46. The molecule has 6 unspecified atom stereocenters. The van der Waals surface area contributed by atoms with Gasteiger partial charge in [0, 0.05) is 19.8 Å². The average Bonchev–Trinajstić information content (AvgIpc) is 3.15. The van der Waals surface area contributed by atoms with Crippen LogP contribution in [0.15, 0.2) is 12.2 Å². The van der Waals surface area contributed by atoms with Gasteiger partial charge in [0.25, 0.3) is 6.29 Å². The van der Waals surface area contributed by atoms with E-state index in [1.807, 2.05) is 0 Å². The maximum absolute atomic E-state index is 13.0. The van der Waals surface area contributed by atoms with Crippen LogP contribution >= 0.6 is 0 Å². The normalized spacial score (nSPS) is 32.2. The summed E-state index contributed by atoms with van der Waals surface area (Å²) in [6.45, 7) is 14.0. The summed E-state index contributed by atoms with van der Waals surface area (Å²) in [7, 11) is 1.38. The molecule has 0 spiro atoms. The predicted octanol–water partition coefficient (Wildman–Crippen LogP) is 5.26. The Balaban J connectivity index is 1.68. The molecule has 2 aliphatic carbocycles. The number of methoxy groups -OCH3 is 1. The van der Waals surface area contributed by atoms with Crippen LogP contribution in [0, 0.1) is 28.6 Å². The van der Waals surface area contributed by atoms with E-state index in [4.69, 9.17) is 23.7 Å².